The molecule has 1 aromatic rings. The third-order valence-electron chi connectivity index (χ3n) is 2.58. The number of nitrogens with one attached hydrogen (secondary N) is 1. The molecule has 0 fully saturated rings. The van der Waals surface area contributed by atoms with Gasteiger partial charge in [0, 0.05) is 7.11 Å². The zero-order chi connectivity index (χ0) is 14.4. The number of carboxylic acids is 1. The highest BCUT2D eigenvalue weighted by Gasteiger charge is 2.17. The maximum atomic E-state index is 11.8. The fraction of sp³-hybridized carbons (Fsp3) is 0.385. The van der Waals surface area contributed by atoms with Gasteiger partial charge in [0.2, 0.25) is 5.91 Å². The third kappa shape index (κ3) is 3.96. The Labute approximate surface area is 111 Å². The first-order valence-corrected chi connectivity index (χ1v) is 5.70. The van der Waals surface area contributed by atoms with Crippen LogP contribution in [0.15, 0.2) is 18.2 Å². The van der Waals surface area contributed by atoms with Crippen LogP contribution in [-0.2, 0) is 9.53 Å². The van der Waals surface area contributed by atoms with E-state index in [-0.39, 0.29) is 29.7 Å². The molecular weight excluding hydrogens is 250 g/mol. The zero-order valence-electron chi connectivity index (χ0n) is 11.1. The molecule has 0 saturated carbocycles. The summed E-state index contributed by atoms with van der Waals surface area (Å²) in [7, 11) is 2.94. The molecule has 6 nitrogen and oxygen atoms in total. The van der Waals surface area contributed by atoms with Crippen molar-refractivity contribution in [3.63, 3.8) is 0 Å². The Balaban J connectivity index is 2.94. The van der Waals surface area contributed by atoms with Gasteiger partial charge in [0.15, 0.2) is 0 Å². The van der Waals surface area contributed by atoms with E-state index in [4.69, 9.17) is 14.6 Å². The van der Waals surface area contributed by atoms with Gasteiger partial charge in [-0.05, 0) is 18.2 Å². The normalized spacial score (nSPS) is 11.7. The molecule has 19 heavy (non-hydrogen) atoms. The predicted molar refractivity (Wildman–Crippen MR) is 69.6 cm³/mol. The van der Waals surface area contributed by atoms with Crippen LogP contribution in [0.5, 0.6) is 5.75 Å². The Kier molecular flexibility index (Phi) is 5.32. The van der Waals surface area contributed by atoms with Gasteiger partial charge >= 0.3 is 5.97 Å². The minimum absolute atomic E-state index is 0.0164. The molecule has 1 rings (SSSR count). The SMILES string of the molecule is COCC(C)C(=O)Nc1ccc(OC)cc1C(=O)O. The molecule has 1 amide bonds. The molecule has 0 radical (unpaired) electrons. The highest BCUT2D eigenvalue weighted by molar-refractivity contribution is 6.01. The molecule has 0 aromatic heterocycles. The van der Waals surface area contributed by atoms with Gasteiger partial charge in [-0.25, -0.2) is 4.79 Å². The molecule has 0 heterocycles. The van der Waals surface area contributed by atoms with Crippen molar-refractivity contribution >= 4 is 17.6 Å². The first kappa shape index (κ1) is 15.0. The number of benzene rings is 1. The minimum Gasteiger partial charge on any atom is -0.497 e. The number of rotatable bonds is 6. The molecule has 2 N–H and O–H groups in total. The largest absolute Gasteiger partial charge is 0.497 e. The summed E-state index contributed by atoms with van der Waals surface area (Å²) in [6.45, 7) is 1.97. The van der Waals surface area contributed by atoms with Gasteiger partial charge in [-0.3, -0.25) is 4.79 Å². The number of methoxy groups -OCH3 is 2. The summed E-state index contributed by atoms with van der Waals surface area (Å²) in [5, 5.41) is 11.7. The number of hydrogen-bond acceptors (Lipinski definition) is 4. The molecule has 1 atom stereocenters. The second-order valence-corrected chi connectivity index (χ2v) is 4.06. The maximum absolute atomic E-state index is 11.8. The standard InChI is InChI=1S/C13H17NO5/c1-8(7-18-2)12(15)14-11-5-4-9(19-3)6-10(11)13(16)17/h4-6,8H,7H2,1-3H3,(H,14,15)(H,16,17). The molecule has 1 unspecified atom stereocenters. The van der Waals surface area contributed by atoms with Gasteiger partial charge in [-0.15, -0.1) is 0 Å². The minimum atomic E-state index is -1.13. The van der Waals surface area contributed by atoms with Crippen molar-refractivity contribution in [2.24, 2.45) is 5.92 Å². The highest BCUT2D eigenvalue weighted by Crippen LogP contribution is 2.22. The van der Waals surface area contributed by atoms with Crippen molar-refractivity contribution in [2.45, 2.75) is 6.92 Å². The van der Waals surface area contributed by atoms with Crippen molar-refractivity contribution in [3.8, 4) is 5.75 Å². The molecule has 0 aliphatic rings. The molecular formula is C13H17NO5. The number of carbonyl (C=O) groups excluding carboxylic acids is 1. The van der Waals surface area contributed by atoms with Gasteiger partial charge < -0.3 is 19.9 Å². The van der Waals surface area contributed by atoms with Crippen molar-refractivity contribution in [2.75, 3.05) is 26.1 Å². The molecule has 6 heteroatoms. The smallest absolute Gasteiger partial charge is 0.337 e. The van der Waals surface area contributed by atoms with Crippen LogP contribution in [0.4, 0.5) is 5.69 Å². The first-order valence-electron chi connectivity index (χ1n) is 5.70. The fourth-order valence-corrected chi connectivity index (χ4v) is 1.52. The summed E-state index contributed by atoms with van der Waals surface area (Å²) in [4.78, 5) is 23.0. The third-order valence-corrected chi connectivity index (χ3v) is 2.58. The van der Waals surface area contributed by atoms with Gasteiger partial charge in [0.25, 0.3) is 0 Å². The molecule has 0 saturated heterocycles. The second-order valence-electron chi connectivity index (χ2n) is 4.06. The van der Waals surface area contributed by atoms with Crippen molar-refractivity contribution in [3.05, 3.63) is 23.8 Å². The van der Waals surface area contributed by atoms with Crippen LogP contribution in [0.3, 0.4) is 0 Å². The highest BCUT2D eigenvalue weighted by atomic mass is 16.5. The predicted octanol–water partition coefficient (Wildman–Crippen LogP) is 1.61. The number of ether oxygens (including phenoxy) is 2. The monoisotopic (exact) mass is 267 g/mol. The molecule has 0 aliphatic heterocycles. The van der Waals surface area contributed by atoms with Crippen molar-refractivity contribution in [1.29, 1.82) is 0 Å². The average Bonchev–Trinajstić information content (AvgIpc) is 2.39. The van der Waals surface area contributed by atoms with E-state index in [0.717, 1.165) is 0 Å². The Bertz CT molecular complexity index is 472. The quantitative estimate of drug-likeness (QED) is 0.818. The van der Waals surface area contributed by atoms with Crippen molar-refractivity contribution in [1.82, 2.24) is 0 Å². The van der Waals surface area contributed by atoms with E-state index in [1.165, 1.54) is 26.4 Å². The lowest BCUT2D eigenvalue weighted by molar-refractivity contribution is -0.120. The van der Waals surface area contributed by atoms with E-state index in [0.29, 0.717) is 5.75 Å². The Morgan fingerprint density at radius 3 is 2.58 bits per heavy atom. The van der Waals surface area contributed by atoms with Gasteiger partial charge in [0.05, 0.1) is 30.9 Å². The van der Waals surface area contributed by atoms with Crippen LogP contribution in [0.25, 0.3) is 0 Å². The van der Waals surface area contributed by atoms with E-state index >= 15 is 0 Å². The molecule has 1 aromatic carbocycles. The van der Waals surface area contributed by atoms with E-state index < -0.39 is 5.97 Å². The summed E-state index contributed by atoms with van der Waals surface area (Å²) < 4.78 is 9.83. The Morgan fingerprint density at radius 2 is 2.05 bits per heavy atom. The number of carbonyl (C=O) groups is 2. The lowest BCUT2D eigenvalue weighted by Gasteiger charge is -2.13. The second kappa shape index (κ2) is 6.75. The van der Waals surface area contributed by atoms with Crippen LogP contribution in [0.2, 0.25) is 0 Å². The number of aromatic carboxylic acids is 1. The summed E-state index contributed by atoms with van der Waals surface area (Å²) >= 11 is 0. The van der Waals surface area contributed by atoms with E-state index in [1.54, 1.807) is 13.0 Å². The van der Waals surface area contributed by atoms with Crippen LogP contribution in [-0.4, -0.2) is 37.8 Å². The Hall–Kier alpha value is -2.08. The lowest BCUT2D eigenvalue weighted by atomic mass is 10.1. The van der Waals surface area contributed by atoms with Crippen molar-refractivity contribution < 1.29 is 24.2 Å². The van der Waals surface area contributed by atoms with Gasteiger partial charge in [-0.1, -0.05) is 6.92 Å². The zero-order valence-corrected chi connectivity index (χ0v) is 11.1. The van der Waals surface area contributed by atoms with E-state index in [2.05, 4.69) is 5.32 Å². The molecule has 0 spiro atoms. The van der Waals surface area contributed by atoms with E-state index in [9.17, 15) is 9.59 Å². The lowest BCUT2D eigenvalue weighted by Crippen LogP contribution is -2.24. The van der Waals surface area contributed by atoms with Crippen LogP contribution < -0.4 is 10.1 Å². The first-order chi connectivity index (χ1) is 8.99. The fourth-order valence-electron chi connectivity index (χ4n) is 1.52. The summed E-state index contributed by atoms with van der Waals surface area (Å²) in [5.41, 5.74) is 0.221. The van der Waals surface area contributed by atoms with Gasteiger partial charge in [-0.2, -0.15) is 0 Å². The van der Waals surface area contributed by atoms with Crippen LogP contribution in [0.1, 0.15) is 17.3 Å². The molecule has 104 valence electrons. The summed E-state index contributed by atoms with van der Waals surface area (Å²) in [5.74, 6) is -1.38. The average molecular weight is 267 g/mol. The maximum Gasteiger partial charge on any atom is 0.337 e. The Morgan fingerprint density at radius 1 is 1.37 bits per heavy atom. The summed E-state index contributed by atoms with van der Waals surface area (Å²) in [6, 6.07) is 4.45. The molecule has 0 bridgehead atoms. The summed E-state index contributed by atoms with van der Waals surface area (Å²) in [6.07, 6.45) is 0. The van der Waals surface area contributed by atoms with Crippen LogP contribution >= 0.6 is 0 Å². The number of hydrogen-bond donors (Lipinski definition) is 2. The number of amides is 1. The van der Waals surface area contributed by atoms with E-state index in [1.807, 2.05) is 0 Å². The molecule has 0 aliphatic carbocycles. The topological polar surface area (TPSA) is 84.9 Å². The number of anilines is 1. The van der Waals surface area contributed by atoms with Gasteiger partial charge in [0.1, 0.15) is 5.75 Å². The number of carboxylic acid groups (broad SMARTS) is 1. The van der Waals surface area contributed by atoms with Crippen LogP contribution in [0, 0.1) is 5.92 Å².